The fraction of sp³-hybridized carbons (Fsp3) is 0.538. The van der Waals surface area contributed by atoms with Crippen LogP contribution in [0, 0.1) is 0 Å². The van der Waals surface area contributed by atoms with Crippen molar-refractivity contribution < 1.29 is 8.42 Å². The van der Waals surface area contributed by atoms with Crippen molar-refractivity contribution in [3.63, 3.8) is 0 Å². The molecule has 4 nitrogen and oxygen atoms in total. The summed E-state index contributed by atoms with van der Waals surface area (Å²) in [6.07, 6.45) is 6.00. The third kappa shape index (κ3) is 3.99. The van der Waals surface area contributed by atoms with E-state index in [1.54, 1.807) is 11.8 Å². The molecule has 21 heavy (non-hydrogen) atoms. The third-order valence-corrected chi connectivity index (χ3v) is 7.02. The van der Waals surface area contributed by atoms with Gasteiger partial charge in [0, 0.05) is 16.3 Å². The maximum atomic E-state index is 12.6. The van der Waals surface area contributed by atoms with Crippen LogP contribution in [0.25, 0.3) is 0 Å². The second kappa shape index (κ2) is 6.96. The van der Waals surface area contributed by atoms with Crippen molar-refractivity contribution in [1.29, 1.82) is 0 Å². The van der Waals surface area contributed by atoms with E-state index >= 15 is 0 Å². The molecule has 2 unspecified atom stereocenters. The summed E-state index contributed by atoms with van der Waals surface area (Å²) in [6.45, 7) is 0. The van der Waals surface area contributed by atoms with Crippen LogP contribution >= 0.6 is 35.0 Å². The fourth-order valence-electron chi connectivity index (χ4n) is 2.64. The zero-order chi connectivity index (χ0) is 15.6. The van der Waals surface area contributed by atoms with Gasteiger partial charge in [-0.05, 0) is 31.2 Å². The smallest absolute Gasteiger partial charge is 0.244 e. The molecule has 2 rings (SSSR count). The molecule has 1 aromatic carbocycles. The SMILES string of the molecule is CSC1CCCCC1NS(=O)(=O)c1c(N)cc(Cl)cc1Cl. The topological polar surface area (TPSA) is 72.2 Å². The van der Waals surface area contributed by atoms with Gasteiger partial charge in [0.15, 0.2) is 0 Å². The van der Waals surface area contributed by atoms with Crippen LogP contribution < -0.4 is 10.5 Å². The maximum absolute atomic E-state index is 12.6. The van der Waals surface area contributed by atoms with E-state index in [0.29, 0.717) is 5.02 Å². The van der Waals surface area contributed by atoms with Gasteiger partial charge in [-0.2, -0.15) is 11.8 Å². The molecule has 1 saturated carbocycles. The Labute approximate surface area is 139 Å². The molecule has 0 spiro atoms. The van der Waals surface area contributed by atoms with Crippen molar-refractivity contribution in [2.24, 2.45) is 0 Å². The molecule has 0 radical (unpaired) electrons. The van der Waals surface area contributed by atoms with E-state index in [1.807, 2.05) is 6.26 Å². The van der Waals surface area contributed by atoms with E-state index in [1.165, 1.54) is 12.1 Å². The molecule has 1 aromatic rings. The molecule has 0 aliphatic heterocycles. The van der Waals surface area contributed by atoms with E-state index in [0.717, 1.165) is 25.7 Å². The summed E-state index contributed by atoms with van der Waals surface area (Å²) >= 11 is 13.5. The van der Waals surface area contributed by atoms with E-state index in [2.05, 4.69) is 4.72 Å². The van der Waals surface area contributed by atoms with Crippen LogP contribution in [0.15, 0.2) is 17.0 Å². The number of hydrogen-bond acceptors (Lipinski definition) is 4. The fourth-order valence-corrected chi connectivity index (χ4v) is 5.95. The number of thioether (sulfide) groups is 1. The second-order valence-electron chi connectivity index (χ2n) is 5.09. The Kier molecular flexibility index (Phi) is 5.71. The van der Waals surface area contributed by atoms with Gasteiger partial charge < -0.3 is 5.73 Å². The van der Waals surface area contributed by atoms with Crippen LogP contribution in [0.3, 0.4) is 0 Å². The Morgan fingerprint density at radius 2 is 1.95 bits per heavy atom. The Morgan fingerprint density at radius 3 is 2.57 bits per heavy atom. The first-order chi connectivity index (χ1) is 9.85. The number of nitrogens with two attached hydrogens (primary N) is 1. The molecule has 0 heterocycles. The Balaban J connectivity index is 2.30. The van der Waals surface area contributed by atoms with Crippen molar-refractivity contribution >= 4 is 50.7 Å². The normalized spacial score (nSPS) is 23.2. The van der Waals surface area contributed by atoms with Crippen molar-refractivity contribution in [2.45, 2.75) is 41.9 Å². The second-order valence-corrected chi connectivity index (χ2v) is 8.66. The van der Waals surface area contributed by atoms with Crippen molar-refractivity contribution in [1.82, 2.24) is 4.72 Å². The number of sulfonamides is 1. The standard InChI is InChI=1S/C13H18Cl2N2O2S2/c1-20-12-5-3-2-4-11(12)17-21(18,19)13-9(15)6-8(14)7-10(13)16/h6-7,11-12,17H,2-5,16H2,1H3. The quantitative estimate of drug-likeness (QED) is 0.797. The number of rotatable bonds is 4. The number of nitrogen functional groups attached to an aromatic ring is 1. The molecule has 8 heteroatoms. The highest BCUT2D eigenvalue weighted by molar-refractivity contribution is 7.99. The monoisotopic (exact) mass is 368 g/mol. The zero-order valence-electron chi connectivity index (χ0n) is 11.6. The summed E-state index contributed by atoms with van der Waals surface area (Å²) in [5.74, 6) is 0. The summed E-state index contributed by atoms with van der Waals surface area (Å²) in [5.41, 5.74) is 5.85. The molecule has 0 amide bonds. The minimum Gasteiger partial charge on any atom is -0.398 e. The first kappa shape index (κ1) is 17.2. The van der Waals surface area contributed by atoms with Crippen LogP contribution in [-0.2, 0) is 10.0 Å². The molecule has 0 aromatic heterocycles. The Bertz CT molecular complexity index is 600. The summed E-state index contributed by atoms with van der Waals surface area (Å²) in [7, 11) is -3.76. The highest BCUT2D eigenvalue weighted by Gasteiger charge is 2.31. The van der Waals surface area contributed by atoms with Gasteiger partial charge in [0.1, 0.15) is 4.90 Å². The summed E-state index contributed by atoms with van der Waals surface area (Å²) in [5, 5.41) is 0.640. The van der Waals surface area contributed by atoms with Crippen LogP contribution in [0.4, 0.5) is 5.69 Å². The molecule has 1 aliphatic rings. The lowest BCUT2D eigenvalue weighted by atomic mass is 9.96. The van der Waals surface area contributed by atoms with Crippen molar-refractivity contribution in [3.8, 4) is 0 Å². The predicted octanol–water partition coefficient (Wildman–Crippen LogP) is 3.53. The average molecular weight is 369 g/mol. The van der Waals surface area contributed by atoms with E-state index in [4.69, 9.17) is 28.9 Å². The number of benzene rings is 1. The van der Waals surface area contributed by atoms with Gasteiger partial charge in [-0.1, -0.05) is 36.0 Å². The van der Waals surface area contributed by atoms with Gasteiger partial charge in [-0.25, -0.2) is 13.1 Å². The van der Waals surface area contributed by atoms with E-state index in [-0.39, 0.29) is 26.9 Å². The molecular weight excluding hydrogens is 351 g/mol. The van der Waals surface area contributed by atoms with Gasteiger partial charge in [0.05, 0.1) is 10.7 Å². The number of nitrogens with one attached hydrogen (secondary N) is 1. The van der Waals surface area contributed by atoms with Gasteiger partial charge in [0.25, 0.3) is 0 Å². The van der Waals surface area contributed by atoms with Crippen molar-refractivity contribution in [3.05, 3.63) is 22.2 Å². The van der Waals surface area contributed by atoms with Gasteiger partial charge >= 0.3 is 0 Å². The lowest BCUT2D eigenvalue weighted by Crippen LogP contribution is -2.43. The van der Waals surface area contributed by atoms with Crippen LogP contribution in [0.2, 0.25) is 10.0 Å². The zero-order valence-corrected chi connectivity index (χ0v) is 14.7. The largest absolute Gasteiger partial charge is 0.398 e. The molecule has 118 valence electrons. The van der Waals surface area contributed by atoms with E-state index < -0.39 is 10.0 Å². The summed E-state index contributed by atoms with van der Waals surface area (Å²) in [4.78, 5) is -0.0843. The predicted molar refractivity (Wildman–Crippen MR) is 90.8 cm³/mol. The third-order valence-electron chi connectivity index (χ3n) is 3.62. The lowest BCUT2D eigenvalue weighted by molar-refractivity contribution is 0.423. The van der Waals surface area contributed by atoms with Gasteiger partial charge in [-0.15, -0.1) is 0 Å². The number of halogens is 2. The molecule has 2 atom stereocenters. The average Bonchev–Trinajstić information content (AvgIpc) is 2.37. The molecule has 0 saturated heterocycles. The van der Waals surface area contributed by atoms with Gasteiger partial charge in [-0.3, -0.25) is 0 Å². The molecule has 3 N–H and O–H groups in total. The lowest BCUT2D eigenvalue weighted by Gasteiger charge is -2.30. The molecule has 1 fully saturated rings. The summed E-state index contributed by atoms with van der Waals surface area (Å²) < 4.78 is 27.9. The molecule has 0 bridgehead atoms. The van der Waals surface area contributed by atoms with Crippen LogP contribution in [-0.4, -0.2) is 26.0 Å². The summed E-state index contributed by atoms with van der Waals surface area (Å²) in [6, 6.07) is 2.69. The van der Waals surface area contributed by atoms with Gasteiger partial charge in [0.2, 0.25) is 10.0 Å². The first-order valence-corrected chi connectivity index (χ1v) is 10.2. The van der Waals surface area contributed by atoms with Crippen molar-refractivity contribution in [2.75, 3.05) is 12.0 Å². The van der Waals surface area contributed by atoms with Crippen LogP contribution in [0.5, 0.6) is 0 Å². The highest BCUT2D eigenvalue weighted by atomic mass is 35.5. The number of hydrogen-bond donors (Lipinski definition) is 2. The maximum Gasteiger partial charge on any atom is 0.244 e. The van der Waals surface area contributed by atoms with Crippen LogP contribution in [0.1, 0.15) is 25.7 Å². The first-order valence-electron chi connectivity index (χ1n) is 6.65. The minimum absolute atomic E-state index is 0.0454. The Morgan fingerprint density at radius 1 is 1.29 bits per heavy atom. The highest BCUT2D eigenvalue weighted by Crippen LogP contribution is 2.33. The Hall–Kier alpha value is -0.140. The minimum atomic E-state index is -3.76. The van der Waals surface area contributed by atoms with E-state index in [9.17, 15) is 8.42 Å². The number of anilines is 1. The molecular formula is C13H18Cl2N2O2S2. The molecule has 1 aliphatic carbocycles.